The summed E-state index contributed by atoms with van der Waals surface area (Å²) < 4.78 is 1.85. The second-order valence-corrected chi connectivity index (χ2v) is 7.59. The minimum Gasteiger partial charge on any atom is -0.347 e. The Labute approximate surface area is 155 Å². The maximum absolute atomic E-state index is 12.7. The number of nitrogens with one attached hydrogen (secondary N) is 2. The number of aromatic nitrogens is 3. The molecule has 6 nitrogen and oxygen atoms in total. The highest BCUT2D eigenvalue weighted by molar-refractivity contribution is 5.92. The minimum absolute atomic E-state index is 0.0152. The maximum Gasteiger partial charge on any atom is 0.273 e. The van der Waals surface area contributed by atoms with Gasteiger partial charge in [-0.3, -0.25) is 4.79 Å². The van der Waals surface area contributed by atoms with Crippen LogP contribution in [0.5, 0.6) is 0 Å². The lowest BCUT2D eigenvalue weighted by Crippen LogP contribution is -2.47. The highest BCUT2D eigenvalue weighted by Crippen LogP contribution is 2.29. The van der Waals surface area contributed by atoms with Gasteiger partial charge in [-0.1, -0.05) is 56.3 Å². The molecule has 1 aliphatic heterocycles. The van der Waals surface area contributed by atoms with Gasteiger partial charge < -0.3 is 10.6 Å². The Hall–Kier alpha value is -2.21. The van der Waals surface area contributed by atoms with Crippen LogP contribution in [0.25, 0.3) is 0 Å². The normalized spacial score (nSPS) is 17.0. The summed E-state index contributed by atoms with van der Waals surface area (Å²) >= 11 is 0. The number of amides is 1. The van der Waals surface area contributed by atoms with Crippen molar-refractivity contribution in [2.75, 3.05) is 13.1 Å². The number of nitrogens with zero attached hydrogens (tertiary/aromatic N) is 3. The Morgan fingerprint density at radius 2 is 2.00 bits per heavy atom. The van der Waals surface area contributed by atoms with Gasteiger partial charge in [0.15, 0.2) is 5.69 Å². The van der Waals surface area contributed by atoms with Crippen LogP contribution in [0, 0.1) is 0 Å². The van der Waals surface area contributed by atoms with Crippen molar-refractivity contribution in [3.05, 3.63) is 47.8 Å². The van der Waals surface area contributed by atoms with Gasteiger partial charge in [0, 0.05) is 11.5 Å². The summed E-state index contributed by atoms with van der Waals surface area (Å²) in [6.45, 7) is 8.40. The third-order valence-corrected chi connectivity index (χ3v) is 5.53. The Morgan fingerprint density at radius 1 is 1.31 bits per heavy atom. The Bertz CT molecular complexity index is 719. The van der Waals surface area contributed by atoms with Gasteiger partial charge in [0.1, 0.15) is 0 Å². The first kappa shape index (κ1) is 18.6. The summed E-state index contributed by atoms with van der Waals surface area (Å²) in [5.41, 5.74) is 1.44. The SMILES string of the molecule is CCC(NC(=O)c1cn(C2CCNCC2)nn1)C(C)(C)c1ccccc1. The summed E-state index contributed by atoms with van der Waals surface area (Å²) in [4.78, 5) is 12.7. The third kappa shape index (κ3) is 3.96. The van der Waals surface area contributed by atoms with Crippen molar-refractivity contribution in [2.45, 2.75) is 57.5 Å². The van der Waals surface area contributed by atoms with E-state index in [0.29, 0.717) is 11.7 Å². The first-order valence-corrected chi connectivity index (χ1v) is 9.51. The quantitative estimate of drug-likeness (QED) is 0.836. The molecule has 1 amide bonds. The summed E-state index contributed by atoms with van der Waals surface area (Å²) in [6, 6.07) is 10.7. The Balaban J connectivity index is 1.70. The molecule has 1 saturated heterocycles. The number of hydrogen-bond acceptors (Lipinski definition) is 4. The summed E-state index contributed by atoms with van der Waals surface area (Å²) in [6.07, 6.45) is 4.66. The van der Waals surface area contributed by atoms with Crippen LogP contribution in [0.1, 0.15) is 62.1 Å². The monoisotopic (exact) mass is 355 g/mol. The van der Waals surface area contributed by atoms with Crippen molar-refractivity contribution < 1.29 is 4.79 Å². The molecule has 1 fully saturated rings. The molecule has 0 radical (unpaired) electrons. The van der Waals surface area contributed by atoms with E-state index in [1.54, 1.807) is 6.20 Å². The van der Waals surface area contributed by atoms with E-state index >= 15 is 0 Å². The van der Waals surface area contributed by atoms with E-state index in [0.717, 1.165) is 32.4 Å². The number of hydrogen-bond donors (Lipinski definition) is 2. The predicted molar refractivity (Wildman–Crippen MR) is 102 cm³/mol. The van der Waals surface area contributed by atoms with Crippen molar-refractivity contribution in [2.24, 2.45) is 0 Å². The molecular weight excluding hydrogens is 326 g/mol. The molecule has 2 heterocycles. The maximum atomic E-state index is 12.7. The van der Waals surface area contributed by atoms with E-state index in [2.05, 4.69) is 53.8 Å². The van der Waals surface area contributed by atoms with Gasteiger partial charge in [-0.15, -0.1) is 5.10 Å². The molecule has 2 aromatic rings. The zero-order valence-corrected chi connectivity index (χ0v) is 15.9. The van der Waals surface area contributed by atoms with Crippen molar-refractivity contribution >= 4 is 5.91 Å². The van der Waals surface area contributed by atoms with Gasteiger partial charge in [0.05, 0.1) is 12.2 Å². The van der Waals surface area contributed by atoms with Crippen LogP contribution in [0.3, 0.4) is 0 Å². The van der Waals surface area contributed by atoms with Crippen LogP contribution in [0.2, 0.25) is 0 Å². The zero-order chi connectivity index (χ0) is 18.6. The van der Waals surface area contributed by atoms with Crippen molar-refractivity contribution in [1.82, 2.24) is 25.6 Å². The fraction of sp³-hybridized carbons (Fsp3) is 0.550. The molecule has 1 aliphatic rings. The molecule has 1 aromatic heterocycles. The molecule has 1 unspecified atom stereocenters. The highest BCUT2D eigenvalue weighted by Gasteiger charge is 2.32. The second kappa shape index (κ2) is 7.99. The van der Waals surface area contributed by atoms with Crippen molar-refractivity contribution in [1.29, 1.82) is 0 Å². The predicted octanol–water partition coefficient (Wildman–Crippen LogP) is 2.69. The van der Waals surface area contributed by atoms with Gasteiger partial charge in [-0.25, -0.2) is 4.68 Å². The van der Waals surface area contributed by atoms with Gasteiger partial charge in [0.2, 0.25) is 0 Å². The van der Waals surface area contributed by atoms with E-state index in [4.69, 9.17) is 0 Å². The van der Waals surface area contributed by atoms with Crippen molar-refractivity contribution in [3.63, 3.8) is 0 Å². The molecule has 0 spiro atoms. The molecular formula is C20H29N5O. The van der Waals surface area contributed by atoms with Gasteiger partial charge in [0.25, 0.3) is 5.91 Å². The van der Waals surface area contributed by atoms with Gasteiger partial charge >= 0.3 is 0 Å². The lowest BCUT2D eigenvalue weighted by Gasteiger charge is -2.34. The fourth-order valence-electron chi connectivity index (χ4n) is 3.72. The number of benzene rings is 1. The fourth-order valence-corrected chi connectivity index (χ4v) is 3.72. The summed E-state index contributed by atoms with van der Waals surface area (Å²) in [5, 5.41) is 14.8. The average molecular weight is 355 g/mol. The van der Waals surface area contributed by atoms with Crippen LogP contribution in [-0.4, -0.2) is 40.0 Å². The summed E-state index contributed by atoms with van der Waals surface area (Å²) in [7, 11) is 0. The molecule has 0 saturated carbocycles. The number of carbonyl (C=O) groups is 1. The molecule has 0 aliphatic carbocycles. The molecule has 1 aromatic carbocycles. The smallest absolute Gasteiger partial charge is 0.273 e. The molecule has 0 bridgehead atoms. The molecule has 2 N–H and O–H groups in total. The molecule has 6 heteroatoms. The van der Waals surface area contributed by atoms with Crippen molar-refractivity contribution in [3.8, 4) is 0 Å². The van der Waals surface area contributed by atoms with Crippen LogP contribution in [0.4, 0.5) is 0 Å². The number of piperidine rings is 1. The molecule has 26 heavy (non-hydrogen) atoms. The lowest BCUT2D eigenvalue weighted by atomic mass is 9.76. The largest absolute Gasteiger partial charge is 0.347 e. The lowest BCUT2D eigenvalue weighted by molar-refractivity contribution is 0.0911. The van der Waals surface area contributed by atoms with Crippen LogP contribution in [0.15, 0.2) is 36.5 Å². The number of rotatable bonds is 6. The third-order valence-electron chi connectivity index (χ3n) is 5.53. The summed E-state index contributed by atoms with van der Waals surface area (Å²) in [5.74, 6) is -0.152. The molecule has 140 valence electrons. The average Bonchev–Trinajstić information content (AvgIpc) is 3.17. The van der Waals surface area contributed by atoms with Gasteiger partial charge in [-0.05, 0) is 37.9 Å². The Morgan fingerprint density at radius 3 is 2.65 bits per heavy atom. The molecule has 3 rings (SSSR count). The van der Waals surface area contributed by atoms with Crippen LogP contribution >= 0.6 is 0 Å². The molecule has 1 atom stereocenters. The van der Waals surface area contributed by atoms with E-state index in [1.165, 1.54) is 5.56 Å². The highest BCUT2D eigenvalue weighted by atomic mass is 16.2. The van der Waals surface area contributed by atoms with E-state index in [-0.39, 0.29) is 17.4 Å². The second-order valence-electron chi connectivity index (χ2n) is 7.59. The first-order valence-electron chi connectivity index (χ1n) is 9.51. The van der Waals surface area contributed by atoms with Crippen LogP contribution in [-0.2, 0) is 5.41 Å². The minimum atomic E-state index is -0.170. The topological polar surface area (TPSA) is 71.8 Å². The van der Waals surface area contributed by atoms with Crippen LogP contribution < -0.4 is 10.6 Å². The first-order chi connectivity index (χ1) is 12.5. The standard InChI is InChI=1S/C20H29N5O/c1-4-18(20(2,3)15-8-6-5-7-9-15)22-19(26)17-14-25(24-23-17)16-10-12-21-13-11-16/h5-9,14,16,18,21H,4,10-13H2,1-3H3,(H,22,26). The van der Waals surface area contributed by atoms with E-state index in [1.807, 2.05) is 22.9 Å². The Kier molecular flexibility index (Phi) is 5.71. The zero-order valence-electron chi connectivity index (χ0n) is 15.9. The van der Waals surface area contributed by atoms with E-state index < -0.39 is 0 Å². The van der Waals surface area contributed by atoms with Gasteiger partial charge in [-0.2, -0.15) is 0 Å². The van der Waals surface area contributed by atoms with E-state index in [9.17, 15) is 4.79 Å². The number of carbonyl (C=O) groups excluding carboxylic acids is 1.